The van der Waals surface area contributed by atoms with Gasteiger partial charge in [-0.25, -0.2) is 4.39 Å². The average Bonchev–Trinajstić information content (AvgIpc) is 3.02. The Morgan fingerprint density at radius 1 is 1.05 bits per heavy atom. The van der Waals surface area contributed by atoms with Gasteiger partial charge in [-0.05, 0) is 29.8 Å². The molecule has 110 valence electrons. The van der Waals surface area contributed by atoms with Gasteiger partial charge in [0.1, 0.15) is 5.82 Å². The molecule has 0 spiro atoms. The van der Waals surface area contributed by atoms with E-state index in [0.29, 0.717) is 17.3 Å². The first-order valence-electron chi connectivity index (χ1n) is 6.60. The number of nitrogens with zero attached hydrogens (tertiary/aromatic N) is 3. The molecule has 1 aromatic heterocycles. The molecule has 3 rings (SSSR count). The molecule has 0 aliphatic rings. The first-order chi connectivity index (χ1) is 10.8. The molecule has 0 aliphatic carbocycles. The number of rotatable bonds is 5. The molecule has 5 nitrogen and oxygen atoms in total. The highest BCUT2D eigenvalue weighted by Gasteiger charge is 2.08. The summed E-state index contributed by atoms with van der Waals surface area (Å²) in [5.41, 5.74) is 1.58. The maximum Gasteiger partial charge on any atom is 0.257 e. The summed E-state index contributed by atoms with van der Waals surface area (Å²) < 4.78 is 18.3. The zero-order chi connectivity index (χ0) is 15.2. The Kier molecular flexibility index (Phi) is 4.20. The van der Waals surface area contributed by atoms with Gasteiger partial charge in [0, 0.05) is 5.56 Å². The molecule has 0 aliphatic heterocycles. The highest BCUT2D eigenvalue weighted by molar-refractivity contribution is 5.78. The molecule has 0 unspecified atom stereocenters. The Balaban J connectivity index is 1.58. The summed E-state index contributed by atoms with van der Waals surface area (Å²) in [6.07, 6.45) is 1.59. The van der Waals surface area contributed by atoms with E-state index >= 15 is 0 Å². The normalized spacial score (nSPS) is 11.0. The van der Waals surface area contributed by atoms with Gasteiger partial charge in [0.05, 0.1) is 6.21 Å². The lowest BCUT2D eigenvalue weighted by Crippen LogP contribution is -1.88. The maximum atomic E-state index is 12.9. The summed E-state index contributed by atoms with van der Waals surface area (Å²) in [4.78, 5) is 5.11. The van der Waals surface area contributed by atoms with Gasteiger partial charge < -0.3 is 9.25 Å². The number of halogens is 1. The van der Waals surface area contributed by atoms with Crippen molar-refractivity contribution in [3.8, 4) is 11.5 Å². The monoisotopic (exact) mass is 297 g/mol. The minimum Gasteiger partial charge on any atom is -0.417 e. The molecule has 0 atom stereocenters. The molecule has 0 saturated heterocycles. The van der Waals surface area contributed by atoms with Crippen LogP contribution in [0.4, 0.5) is 4.39 Å². The minimum absolute atomic E-state index is 0.0670. The molecule has 0 bridgehead atoms. The lowest BCUT2D eigenvalue weighted by Gasteiger charge is -1.95. The van der Waals surface area contributed by atoms with Crippen molar-refractivity contribution in [2.24, 2.45) is 5.16 Å². The molecule has 1 heterocycles. The van der Waals surface area contributed by atoms with Crippen LogP contribution in [-0.2, 0) is 11.4 Å². The molecule has 0 N–H and O–H groups in total. The van der Waals surface area contributed by atoms with E-state index in [2.05, 4.69) is 15.4 Å². The van der Waals surface area contributed by atoms with E-state index in [1.165, 1.54) is 12.1 Å². The lowest BCUT2D eigenvalue weighted by atomic mass is 10.2. The van der Waals surface area contributed by atoms with Gasteiger partial charge in [-0.3, -0.25) is 0 Å². The summed E-state index contributed by atoms with van der Waals surface area (Å²) >= 11 is 0. The van der Waals surface area contributed by atoms with Crippen molar-refractivity contribution in [1.29, 1.82) is 0 Å². The van der Waals surface area contributed by atoms with Crippen LogP contribution in [0.3, 0.4) is 0 Å². The predicted octanol–water partition coefficient (Wildman–Crippen LogP) is 3.43. The third-order valence-corrected chi connectivity index (χ3v) is 2.82. The highest BCUT2D eigenvalue weighted by atomic mass is 19.1. The standard InChI is InChI=1S/C16H12FN3O2/c17-14-8-6-13(7-9-14)16-20-19-15(22-16)11-21-18-10-12-4-2-1-3-5-12/h1-10H,11H2. The quantitative estimate of drug-likeness (QED) is 0.535. The third kappa shape index (κ3) is 3.54. The summed E-state index contributed by atoms with van der Waals surface area (Å²) in [6.45, 7) is 0.0670. The van der Waals surface area contributed by atoms with Gasteiger partial charge in [-0.15, -0.1) is 10.2 Å². The fourth-order valence-electron chi connectivity index (χ4n) is 1.75. The van der Waals surface area contributed by atoms with Crippen LogP contribution in [0, 0.1) is 5.82 Å². The number of hydrogen-bond acceptors (Lipinski definition) is 5. The topological polar surface area (TPSA) is 60.5 Å². The number of oxime groups is 1. The Morgan fingerprint density at radius 2 is 1.82 bits per heavy atom. The summed E-state index contributed by atoms with van der Waals surface area (Å²) in [5, 5.41) is 11.6. The maximum absolute atomic E-state index is 12.9. The molecule has 6 heteroatoms. The Hall–Kier alpha value is -3.02. The Bertz CT molecular complexity index is 755. The van der Waals surface area contributed by atoms with E-state index in [1.54, 1.807) is 18.3 Å². The van der Waals surface area contributed by atoms with Gasteiger partial charge in [-0.2, -0.15) is 0 Å². The number of aromatic nitrogens is 2. The van der Waals surface area contributed by atoms with Crippen molar-refractivity contribution in [2.45, 2.75) is 6.61 Å². The molecular formula is C16H12FN3O2. The molecule has 0 saturated carbocycles. The van der Waals surface area contributed by atoms with Crippen LogP contribution in [0.5, 0.6) is 0 Å². The van der Waals surface area contributed by atoms with Gasteiger partial charge in [-0.1, -0.05) is 35.5 Å². The SMILES string of the molecule is Fc1ccc(-c2nnc(CON=Cc3ccccc3)o2)cc1. The van der Waals surface area contributed by atoms with Crippen molar-refractivity contribution >= 4 is 6.21 Å². The molecule has 3 aromatic rings. The molecular weight excluding hydrogens is 285 g/mol. The van der Waals surface area contributed by atoms with E-state index in [4.69, 9.17) is 9.25 Å². The first-order valence-corrected chi connectivity index (χ1v) is 6.60. The molecule has 0 radical (unpaired) electrons. The fourth-order valence-corrected chi connectivity index (χ4v) is 1.75. The van der Waals surface area contributed by atoms with Crippen LogP contribution in [-0.4, -0.2) is 16.4 Å². The van der Waals surface area contributed by atoms with Crippen molar-refractivity contribution in [3.05, 3.63) is 71.9 Å². The second-order valence-electron chi connectivity index (χ2n) is 4.43. The van der Waals surface area contributed by atoms with Crippen LogP contribution >= 0.6 is 0 Å². The predicted molar refractivity (Wildman–Crippen MR) is 78.5 cm³/mol. The highest BCUT2D eigenvalue weighted by Crippen LogP contribution is 2.18. The molecule has 22 heavy (non-hydrogen) atoms. The Labute approximate surface area is 126 Å². The molecule has 2 aromatic carbocycles. The van der Waals surface area contributed by atoms with Crippen molar-refractivity contribution < 1.29 is 13.6 Å². The largest absolute Gasteiger partial charge is 0.417 e. The van der Waals surface area contributed by atoms with Gasteiger partial charge in [0.25, 0.3) is 5.89 Å². The van der Waals surface area contributed by atoms with Crippen molar-refractivity contribution in [1.82, 2.24) is 10.2 Å². The second-order valence-corrected chi connectivity index (χ2v) is 4.43. The molecule has 0 amide bonds. The summed E-state index contributed by atoms with van der Waals surface area (Å²) in [5.74, 6) is 0.289. The van der Waals surface area contributed by atoms with Crippen LogP contribution in [0.1, 0.15) is 11.5 Å². The van der Waals surface area contributed by atoms with Crippen LogP contribution < -0.4 is 0 Å². The number of benzene rings is 2. The van der Waals surface area contributed by atoms with Crippen LogP contribution in [0.2, 0.25) is 0 Å². The van der Waals surface area contributed by atoms with Gasteiger partial charge in [0.2, 0.25) is 5.89 Å². The smallest absolute Gasteiger partial charge is 0.257 e. The first kappa shape index (κ1) is 13.9. The van der Waals surface area contributed by atoms with Gasteiger partial charge >= 0.3 is 0 Å². The third-order valence-electron chi connectivity index (χ3n) is 2.82. The minimum atomic E-state index is -0.318. The van der Waals surface area contributed by atoms with Gasteiger partial charge in [0.15, 0.2) is 6.61 Å². The van der Waals surface area contributed by atoms with E-state index in [9.17, 15) is 4.39 Å². The Morgan fingerprint density at radius 3 is 2.59 bits per heavy atom. The summed E-state index contributed by atoms with van der Waals surface area (Å²) in [7, 11) is 0. The lowest BCUT2D eigenvalue weighted by molar-refractivity contribution is 0.112. The zero-order valence-electron chi connectivity index (χ0n) is 11.5. The van der Waals surface area contributed by atoms with Crippen molar-refractivity contribution in [3.63, 3.8) is 0 Å². The van der Waals surface area contributed by atoms with Crippen molar-refractivity contribution in [2.75, 3.05) is 0 Å². The molecule has 0 fully saturated rings. The second kappa shape index (κ2) is 6.62. The van der Waals surface area contributed by atoms with E-state index in [-0.39, 0.29) is 12.4 Å². The van der Waals surface area contributed by atoms with E-state index in [1.807, 2.05) is 30.3 Å². The van der Waals surface area contributed by atoms with Crippen LogP contribution in [0.15, 0.2) is 64.2 Å². The van der Waals surface area contributed by atoms with E-state index < -0.39 is 0 Å². The fraction of sp³-hybridized carbons (Fsp3) is 0.0625. The number of hydrogen-bond donors (Lipinski definition) is 0. The average molecular weight is 297 g/mol. The van der Waals surface area contributed by atoms with Crippen LogP contribution in [0.25, 0.3) is 11.5 Å². The zero-order valence-corrected chi connectivity index (χ0v) is 11.5. The van der Waals surface area contributed by atoms with E-state index in [0.717, 1.165) is 5.56 Å². The summed E-state index contributed by atoms with van der Waals surface area (Å²) in [6, 6.07) is 15.4.